The number of nitrogens with zero attached hydrogens (tertiary/aromatic N) is 2. The van der Waals surface area contributed by atoms with Crippen LogP contribution >= 0.6 is 0 Å². The Morgan fingerprint density at radius 1 is 1.56 bits per heavy atom. The van der Waals surface area contributed by atoms with Crippen LogP contribution in [0.2, 0.25) is 0 Å². The first-order chi connectivity index (χ1) is 12.0. The average Bonchev–Trinajstić information content (AvgIpc) is 3.09. The molecule has 2 fully saturated rings. The van der Waals surface area contributed by atoms with Crippen LogP contribution in [0.4, 0.5) is 0 Å². The number of carbonyl (C=O) groups excluding carboxylic acids is 2. The second kappa shape index (κ2) is 8.11. The Kier molecular flexibility index (Phi) is 6.13. The summed E-state index contributed by atoms with van der Waals surface area (Å²) in [5.41, 5.74) is 0.417. The van der Waals surface area contributed by atoms with Gasteiger partial charge in [-0.05, 0) is 31.7 Å². The zero-order valence-electron chi connectivity index (χ0n) is 14.2. The van der Waals surface area contributed by atoms with Gasteiger partial charge in [0.2, 0.25) is 5.91 Å². The molecule has 1 aromatic rings. The molecule has 1 spiro atoms. The Hall–Kier alpha value is -2.42. The minimum absolute atomic E-state index is 0.139. The Labute approximate surface area is 145 Å². The lowest BCUT2D eigenvalue weighted by atomic mass is 9.71. The number of rotatable bonds is 2. The maximum absolute atomic E-state index is 12.6. The van der Waals surface area contributed by atoms with E-state index in [9.17, 15) is 14.7 Å². The van der Waals surface area contributed by atoms with Crippen molar-refractivity contribution in [2.75, 3.05) is 19.6 Å². The van der Waals surface area contributed by atoms with Gasteiger partial charge in [-0.3, -0.25) is 19.5 Å². The smallest absolute Gasteiger partial charge is 0.290 e. The average molecular weight is 352 g/mol. The van der Waals surface area contributed by atoms with E-state index in [1.54, 1.807) is 11.0 Å². The van der Waals surface area contributed by atoms with Gasteiger partial charge in [-0.25, -0.2) is 0 Å². The molecule has 2 amide bonds. The summed E-state index contributed by atoms with van der Waals surface area (Å²) in [7, 11) is 0. The van der Waals surface area contributed by atoms with Gasteiger partial charge in [0, 0.05) is 25.3 Å². The number of carbonyl (C=O) groups is 3. The van der Waals surface area contributed by atoms with E-state index in [0.29, 0.717) is 31.6 Å². The van der Waals surface area contributed by atoms with Crippen LogP contribution in [-0.2, 0) is 16.0 Å². The highest BCUT2D eigenvalue weighted by Gasteiger charge is 2.50. The van der Waals surface area contributed by atoms with Crippen LogP contribution < -0.4 is 5.32 Å². The van der Waals surface area contributed by atoms with Gasteiger partial charge in [0.15, 0.2) is 0 Å². The topological polar surface area (TPSA) is 136 Å². The Bertz CT molecular complexity index is 632. The van der Waals surface area contributed by atoms with E-state index in [2.05, 4.69) is 15.5 Å². The predicted octanol–water partition coefficient (Wildman–Crippen LogP) is -0.224. The number of likely N-dealkylation sites (tertiary alicyclic amines) is 1. The molecule has 3 heterocycles. The molecule has 9 nitrogen and oxygen atoms in total. The number of aliphatic hydroxyl groups excluding tert-OH is 1. The third kappa shape index (κ3) is 3.81. The summed E-state index contributed by atoms with van der Waals surface area (Å²) >= 11 is 0. The summed E-state index contributed by atoms with van der Waals surface area (Å²) in [5.74, 6) is -0.319. The van der Waals surface area contributed by atoms with Gasteiger partial charge in [0.05, 0.1) is 11.5 Å². The highest BCUT2D eigenvalue weighted by molar-refractivity contribution is 5.93. The lowest BCUT2D eigenvalue weighted by Gasteiger charge is -2.46. The van der Waals surface area contributed by atoms with Crippen molar-refractivity contribution in [1.82, 2.24) is 20.4 Å². The third-order valence-corrected chi connectivity index (χ3v) is 4.84. The minimum atomic E-state index is -0.865. The second-order valence-electron chi connectivity index (χ2n) is 6.28. The van der Waals surface area contributed by atoms with Crippen LogP contribution in [0.3, 0.4) is 0 Å². The van der Waals surface area contributed by atoms with E-state index in [1.165, 1.54) is 0 Å². The molecule has 0 aromatic carbocycles. The lowest BCUT2D eigenvalue weighted by molar-refractivity contribution is -0.147. The summed E-state index contributed by atoms with van der Waals surface area (Å²) in [6, 6.07) is 1.75. The fraction of sp³-hybridized carbons (Fsp3) is 0.625. The Morgan fingerprint density at radius 2 is 2.28 bits per heavy atom. The quantitative estimate of drug-likeness (QED) is 0.543. The van der Waals surface area contributed by atoms with Gasteiger partial charge in [-0.15, -0.1) is 0 Å². The molecule has 0 bridgehead atoms. The van der Waals surface area contributed by atoms with Crippen LogP contribution in [-0.4, -0.2) is 69.3 Å². The van der Waals surface area contributed by atoms with Crippen LogP contribution in [0.25, 0.3) is 0 Å². The van der Waals surface area contributed by atoms with Crippen molar-refractivity contribution in [1.29, 1.82) is 0 Å². The van der Waals surface area contributed by atoms with Gasteiger partial charge < -0.3 is 20.4 Å². The predicted molar refractivity (Wildman–Crippen MR) is 87.9 cm³/mol. The number of nitrogens with one attached hydrogen (secondary N) is 2. The van der Waals surface area contributed by atoms with Crippen molar-refractivity contribution in [2.24, 2.45) is 5.41 Å². The monoisotopic (exact) mass is 352 g/mol. The number of aromatic amines is 1. The van der Waals surface area contributed by atoms with E-state index in [0.717, 1.165) is 18.5 Å². The van der Waals surface area contributed by atoms with Crippen LogP contribution in [0.15, 0.2) is 6.07 Å². The Morgan fingerprint density at radius 3 is 2.88 bits per heavy atom. The van der Waals surface area contributed by atoms with E-state index in [-0.39, 0.29) is 24.8 Å². The number of H-pyrrole nitrogens is 1. The van der Waals surface area contributed by atoms with Crippen LogP contribution in [0.1, 0.15) is 42.4 Å². The SMILES string of the molecule is CCc1cc(C(=O)N2CC[C@@H](O)[C@@]3(CCCNC3=O)C2)n[nH]1.O=CO. The molecule has 1 aromatic heterocycles. The van der Waals surface area contributed by atoms with Crippen molar-refractivity contribution in [3.8, 4) is 0 Å². The number of hydrogen-bond acceptors (Lipinski definition) is 5. The number of aromatic nitrogens is 2. The van der Waals surface area contributed by atoms with Crippen LogP contribution in [0, 0.1) is 5.41 Å². The molecule has 2 aliphatic heterocycles. The fourth-order valence-electron chi connectivity index (χ4n) is 3.43. The number of amides is 2. The molecule has 0 unspecified atom stereocenters. The maximum Gasteiger partial charge on any atom is 0.290 e. The molecule has 138 valence electrons. The molecule has 9 heteroatoms. The summed E-state index contributed by atoms with van der Waals surface area (Å²) in [5, 5.41) is 27.0. The van der Waals surface area contributed by atoms with E-state index < -0.39 is 11.5 Å². The van der Waals surface area contributed by atoms with Gasteiger partial charge in [0.1, 0.15) is 5.69 Å². The molecule has 4 N–H and O–H groups in total. The molecule has 2 aliphatic rings. The summed E-state index contributed by atoms with van der Waals surface area (Å²) < 4.78 is 0. The molecule has 25 heavy (non-hydrogen) atoms. The summed E-state index contributed by atoms with van der Waals surface area (Å²) in [6.07, 6.45) is 1.95. The number of hydrogen-bond donors (Lipinski definition) is 4. The van der Waals surface area contributed by atoms with Crippen LogP contribution in [0.5, 0.6) is 0 Å². The molecule has 2 atom stereocenters. The molecule has 3 rings (SSSR count). The lowest BCUT2D eigenvalue weighted by Crippen LogP contribution is -2.62. The molecule has 0 radical (unpaired) electrons. The second-order valence-corrected chi connectivity index (χ2v) is 6.28. The molecular weight excluding hydrogens is 328 g/mol. The zero-order chi connectivity index (χ0) is 18.4. The van der Waals surface area contributed by atoms with Crippen molar-refractivity contribution in [3.05, 3.63) is 17.5 Å². The van der Waals surface area contributed by atoms with E-state index in [4.69, 9.17) is 9.90 Å². The van der Waals surface area contributed by atoms with Gasteiger partial charge in [-0.1, -0.05) is 6.92 Å². The third-order valence-electron chi connectivity index (χ3n) is 4.84. The number of aryl methyl sites for hydroxylation is 1. The molecular formula is C16H24N4O5. The Balaban J connectivity index is 0.000000701. The molecule has 2 saturated heterocycles. The van der Waals surface area contributed by atoms with Crippen molar-refractivity contribution < 1.29 is 24.6 Å². The van der Waals surface area contributed by atoms with Gasteiger partial charge in [-0.2, -0.15) is 5.10 Å². The summed E-state index contributed by atoms with van der Waals surface area (Å²) in [6.45, 7) is 3.08. The highest BCUT2D eigenvalue weighted by atomic mass is 16.3. The zero-order valence-corrected chi connectivity index (χ0v) is 14.2. The van der Waals surface area contributed by atoms with Crippen molar-refractivity contribution >= 4 is 18.3 Å². The highest BCUT2D eigenvalue weighted by Crippen LogP contribution is 2.37. The maximum atomic E-state index is 12.6. The first-order valence-electron chi connectivity index (χ1n) is 8.36. The van der Waals surface area contributed by atoms with Gasteiger partial charge in [0.25, 0.3) is 12.4 Å². The number of carboxylic acid groups (broad SMARTS) is 1. The number of aliphatic hydroxyl groups is 1. The fourth-order valence-corrected chi connectivity index (χ4v) is 3.43. The first-order valence-corrected chi connectivity index (χ1v) is 8.36. The normalized spacial score (nSPS) is 25.8. The summed E-state index contributed by atoms with van der Waals surface area (Å²) in [4.78, 5) is 34.9. The van der Waals surface area contributed by atoms with Crippen molar-refractivity contribution in [2.45, 2.75) is 38.7 Å². The minimum Gasteiger partial charge on any atom is -0.483 e. The van der Waals surface area contributed by atoms with Gasteiger partial charge >= 0.3 is 0 Å². The van der Waals surface area contributed by atoms with E-state index >= 15 is 0 Å². The number of piperidine rings is 2. The standard InChI is InChI=1S/C15H22N4O3.CH2O2/c1-2-10-8-11(18-17-10)13(21)19-7-4-12(20)15(9-19)5-3-6-16-14(15)22;2-1-3/h8,12,20H,2-7,9H2,1H3,(H,16,22)(H,17,18);1H,(H,2,3)/t12-,15-;/m1./s1. The first kappa shape index (κ1) is 18.9. The molecule has 0 aliphatic carbocycles. The largest absolute Gasteiger partial charge is 0.483 e. The molecule has 0 saturated carbocycles. The van der Waals surface area contributed by atoms with Crippen molar-refractivity contribution in [3.63, 3.8) is 0 Å². The van der Waals surface area contributed by atoms with E-state index in [1.807, 2.05) is 6.92 Å².